The van der Waals surface area contributed by atoms with Crippen molar-refractivity contribution in [2.75, 3.05) is 6.61 Å². The van der Waals surface area contributed by atoms with Gasteiger partial charge < -0.3 is 20.2 Å². The molecule has 0 fully saturated rings. The van der Waals surface area contributed by atoms with E-state index in [1.165, 1.54) is 4.68 Å². The second-order valence-corrected chi connectivity index (χ2v) is 6.31. The maximum atomic E-state index is 12.1. The average Bonchev–Trinajstić information content (AvgIpc) is 2.82. The first-order chi connectivity index (χ1) is 11.4. The molecule has 1 heterocycles. The molecular formula is C15H17IN4O4. The minimum Gasteiger partial charge on any atom is -0.491 e. The van der Waals surface area contributed by atoms with E-state index in [9.17, 15) is 14.9 Å². The van der Waals surface area contributed by atoms with E-state index in [1.54, 1.807) is 6.92 Å². The number of carbonyl (C=O) groups excluding carboxylic acids is 1. The highest BCUT2D eigenvalue weighted by Crippen LogP contribution is 2.22. The van der Waals surface area contributed by atoms with Crippen LogP contribution in [-0.2, 0) is 11.3 Å². The number of ether oxygens (including phenoxy) is 1. The van der Waals surface area contributed by atoms with Crippen molar-refractivity contribution in [1.82, 2.24) is 15.1 Å². The Morgan fingerprint density at radius 1 is 1.46 bits per heavy atom. The molecule has 1 aromatic carbocycles. The van der Waals surface area contributed by atoms with Gasteiger partial charge in [-0.25, -0.2) is 0 Å². The van der Waals surface area contributed by atoms with Crippen LogP contribution in [0.25, 0.3) is 0 Å². The van der Waals surface area contributed by atoms with E-state index in [0.717, 1.165) is 5.75 Å². The maximum absolute atomic E-state index is 12.1. The summed E-state index contributed by atoms with van der Waals surface area (Å²) < 4.78 is 7.34. The zero-order chi connectivity index (χ0) is 17.7. The zero-order valence-electron chi connectivity index (χ0n) is 13.2. The van der Waals surface area contributed by atoms with E-state index in [4.69, 9.17) is 4.74 Å². The maximum Gasteiger partial charge on any atom is 0.403 e. The number of hydrogen-bond donors (Lipinski definition) is 1. The van der Waals surface area contributed by atoms with Crippen molar-refractivity contribution in [2.45, 2.75) is 26.4 Å². The van der Waals surface area contributed by atoms with Crippen LogP contribution < -0.4 is 10.1 Å². The molecule has 1 aromatic heterocycles. The van der Waals surface area contributed by atoms with Gasteiger partial charge in [-0.2, -0.15) is 4.68 Å². The Hall–Kier alpha value is -2.17. The van der Waals surface area contributed by atoms with Crippen LogP contribution in [0, 0.1) is 20.6 Å². The van der Waals surface area contributed by atoms with Gasteiger partial charge in [0.2, 0.25) is 5.91 Å². The lowest BCUT2D eigenvalue weighted by Gasteiger charge is -2.14. The molecule has 0 aliphatic carbocycles. The molecule has 1 unspecified atom stereocenters. The van der Waals surface area contributed by atoms with Crippen LogP contribution in [0.2, 0.25) is 0 Å². The van der Waals surface area contributed by atoms with Gasteiger partial charge in [0.1, 0.15) is 22.5 Å². The fourth-order valence-corrected chi connectivity index (χ4v) is 2.60. The van der Waals surface area contributed by atoms with Crippen LogP contribution in [0.1, 0.15) is 12.6 Å². The number of aromatic nitrogens is 2. The van der Waals surface area contributed by atoms with E-state index in [-0.39, 0.29) is 24.3 Å². The highest BCUT2D eigenvalue weighted by molar-refractivity contribution is 14.1. The number of halogens is 1. The number of nitro groups is 1. The lowest BCUT2D eigenvalue weighted by molar-refractivity contribution is -0.390. The van der Waals surface area contributed by atoms with Gasteiger partial charge in [-0.15, -0.1) is 0 Å². The van der Waals surface area contributed by atoms with Crippen LogP contribution in [0.5, 0.6) is 5.75 Å². The molecule has 0 radical (unpaired) electrons. The molecule has 0 saturated carbocycles. The molecule has 0 saturated heterocycles. The molecule has 1 amide bonds. The van der Waals surface area contributed by atoms with Crippen LogP contribution in [0.3, 0.4) is 0 Å². The topological polar surface area (TPSA) is 99.3 Å². The quantitative estimate of drug-likeness (QED) is 0.402. The minimum absolute atomic E-state index is 0.0780. The summed E-state index contributed by atoms with van der Waals surface area (Å²) in [5, 5.41) is 17.5. The second-order valence-electron chi connectivity index (χ2n) is 5.23. The standard InChI is InChI=1S/C15H17IN4O4/c1-10(9-24-12-6-4-3-5-7-12)17-13(21)8-19-11(2)14(16)15(18-19)20(22)23/h3-7,10H,8-9H2,1-2H3,(H,17,21). The molecular weight excluding hydrogens is 427 g/mol. The van der Waals surface area contributed by atoms with E-state index >= 15 is 0 Å². The summed E-state index contributed by atoms with van der Waals surface area (Å²) >= 11 is 1.86. The molecule has 0 aliphatic rings. The zero-order valence-corrected chi connectivity index (χ0v) is 15.4. The van der Waals surface area contributed by atoms with Crippen molar-refractivity contribution in [1.29, 1.82) is 0 Å². The monoisotopic (exact) mass is 444 g/mol. The van der Waals surface area contributed by atoms with Gasteiger partial charge in [-0.05, 0) is 53.5 Å². The second kappa shape index (κ2) is 8.08. The third-order valence-electron chi connectivity index (χ3n) is 3.23. The Labute approximate surface area is 152 Å². The Bertz CT molecular complexity index is 733. The first kappa shape index (κ1) is 18.2. The summed E-state index contributed by atoms with van der Waals surface area (Å²) in [5.41, 5.74) is 0.589. The summed E-state index contributed by atoms with van der Waals surface area (Å²) in [5.74, 6) is 0.212. The molecule has 2 aromatic rings. The summed E-state index contributed by atoms with van der Waals surface area (Å²) in [4.78, 5) is 22.4. The highest BCUT2D eigenvalue weighted by Gasteiger charge is 2.24. The van der Waals surface area contributed by atoms with Gasteiger partial charge in [-0.1, -0.05) is 18.2 Å². The fourth-order valence-electron chi connectivity index (χ4n) is 2.02. The summed E-state index contributed by atoms with van der Waals surface area (Å²) in [7, 11) is 0. The minimum atomic E-state index is -0.556. The number of amides is 1. The number of nitrogens with one attached hydrogen (secondary N) is 1. The Morgan fingerprint density at radius 3 is 2.71 bits per heavy atom. The molecule has 1 atom stereocenters. The average molecular weight is 444 g/mol. The number of benzene rings is 1. The largest absolute Gasteiger partial charge is 0.491 e. The molecule has 8 nitrogen and oxygen atoms in total. The normalized spacial score (nSPS) is 11.8. The SMILES string of the molecule is Cc1c(I)c([N+](=O)[O-])nn1CC(=O)NC(C)COc1ccccc1. The molecule has 0 bridgehead atoms. The molecule has 0 aliphatic heterocycles. The molecule has 2 rings (SSSR count). The molecule has 24 heavy (non-hydrogen) atoms. The molecule has 9 heteroatoms. The summed E-state index contributed by atoms with van der Waals surface area (Å²) in [6.07, 6.45) is 0. The smallest absolute Gasteiger partial charge is 0.403 e. The summed E-state index contributed by atoms with van der Waals surface area (Å²) in [6.45, 7) is 3.76. The Morgan fingerprint density at radius 2 is 2.12 bits per heavy atom. The molecule has 0 spiro atoms. The van der Waals surface area contributed by atoms with Crippen LogP contribution in [0.15, 0.2) is 30.3 Å². The first-order valence-corrected chi connectivity index (χ1v) is 8.31. The third-order valence-corrected chi connectivity index (χ3v) is 4.50. The Kier molecular flexibility index (Phi) is 6.12. The van der Waals surface area contributed by atoms with Crippen molar-refractivity contribution in [2.24, 2.45) is 0 Å². The van der Waals surface area contributed by atoms with Crippen molar-refractivity contribution >= 4 is 34.3 Å². The number of rotatable bonds is 7. The van der Waals surface area contributed by atoms with Crippen molar-refractivity contribution < 1.29 is 14.5 Å². The first-order valence-electron chi connectivity index (χ1n) is 7.23. The predicted octanol–water partition coefficient (Wildman–Crippen LogP) is 2.29. The van der Waals surface area contributed by atoms with E-state index in [2.05, 4.69) is 10.4 Å². The van der Waals surface area contributed by atoms with Gasteiger partial charge in [0, 0.05) is 0 Å². The number of hydrogen-bond acceptors (Lipinski definition) is 5. The van der Waals surface area contributed by atoms with Gasteiger partial charge in [0.15, 0.2) is 0 Å². The third kappa shape index (κ3) is 4.66. The van der Waals surface area contributed by atoms with Gasteiger partial charge in [-0.3, -0.25) is 4.79 Å². The van der Waals surface area contributed by atoms with Gasteiger partial charge >= 0.3 is 5.82 Å². The number of para-hydroxylation sites is 1. The highest BCUT2D eigenvalue weighted by atomic mass is 127. The van der Waals surface area contributed by atoms with E-state index in [0.29, 0.717) is 15.9 Å². The van der Waals surface area contributed by atoms with Gasteiger partial charge in [0.05, 0.1) is 16.8 Å². The lowest BCUT2D eigenvalue weighted by atomic mass is 10.3. The van der Waals surface area contributed by atoms with Crippen molar-refractivity contribution in [3.8, 4) is 5.75 Å². The van der Waals surface area contributed by atoms with E-state index < -0.39 is 4.92 Å². The van der Waals surface area contributed by atoms with Crippen LogP contribution in [0.4, 0.5) is 5.82 Å². The van der Waals surface area contributed by atoms with E-state index in [1.807, 2.05) is 59.8 Å². The predicted molar refractivity (Wildman–Crippen MR) is 95.9 cm³/mol. The number of nitrogens with zero attached hydrogens (tertiary/aromatic N) is 3. The van der Waals surface area contributed by atoms with Crippen LogP contribution in [-0.4, -0.2) is 33.3 Å². The fraction of sp³-hybridized carbons (Fsp3) is 0.333. The van der Waals surface area contributed by atoms with Gasteiger partial charge in [0.25, 0.3) is 0 Å². The summed E-state index contributed by atoms with van der Waals surface area (Å²) in [6, 6.07) is 9.10. The number of carbonyl (C=O) groups is 1. The molecule has 128 valence electrons. The lowest BCUT2D eigenvalue weighted by Crippen LogP contribution is -2.39. The van der Waals surface area contributed by atoms with Crippen molar-refractivity contribution in [3.63, 3.8) is 0 Å². The van der Waals surface area contributed by atoms with Crippen LogP contribution >= 0.6 is 22.6 Å². The Balaban J connectivity index is 1.89. The van der Waals surface area contributed by atoms with Crippen molar-refractivity contribution in [3.05, 3.63) is 49.7 Å². The molecule has 1 N–H and O–H groups in total.